The smallest absolute Gasteiger partial charge is 0.387 e. The van der Waals surface area contributed by atoms with E-state index in [9.17, 15) is 22.4 Å². The molecule has 1 aromatic carbocycles. The lowest BCUT2D eigenvalue weighted by Gasteiger charge is -2.34. The monoisotopic (exact) mass is 466 g/mol. The van der Waals surface area contributed by atoms with Gasteiger partial charge in [0.1, 0.15) is 5.82 Å². The molecule has 1 amide bonds. The third-order valence-electron chi connectivity index (χ3n) is 4.92. The molecular weight excluding hydrogens is 447 g/mol. The van der Waals surface area contributed by atoms with Gasteiger partial charge in [-0.05, 0) is 35.7 Å². The van der Waals surface area contributed by atoms with Crippen molar-refractivity contribution >= 4 is 27.3 Å². The first-order chi connectivity index (χ1) is 14.8. The maximum atomic E-state index is 13.1. The summed E-state index contributed by atoms with van der Waals surface area (Å²) in [6, 6.07) is 8.25. The molecular formula is C19H19FN4O5S2. The number of piperazine rings is 1. The van der Waals surface area contributed by atoms with Gasteiger partial charge in [-0.3, -0.25) is 4.79 Å². The number of aromatic nitrogens is 2. The van der Waals surface area contributed by atoms with E-state index < -0.39 is 21.6 Å². The zero-order valence-electron chi connectivity index (χ0n) is 16.3. The average molecular weight is 467 g/mol. The SMILES string of the molecule is O=C(CCn1nc(-c2cccs2)oc1=O)N1CCN(S(=O)(=O)c2ccc(F)cc2)CC1. The second kappa shape index (κ2) is 8.73. The predicted octanol–water partition coefficient (Wildman–Crippen LogP) is 1.63. The van der Waals surface area contributed by atoms with Gasteiger partial charge >= 0.3 is 5.76 Å². The summed E-state index contributed by atoms with van der Waals surface area (Å²) in [6.07, 6.45) is 0.0427. The van der Waals surface area contributed by atoms with Crippen LogP contribution in [0.5, 0.6) is 0 Å². The van der Waals surface area contributed by atoms with Crippen LogP contribution in [-0.4, -0.2) is 59.5 Å². The van der Waals surface area contributed by atoms with Crippen LogP contribution in [0.25, 0.3) is 10.8 Å². The summed E-state index contributed by atoms with van der Waals surface area (Å²) in [4.78, 5) is 26.8. The van der Waals surface area contributed by atoms with Crippen LogP contribution in [0.3, 0.4) is 0 Å². The number of rotatable bonds is 6. The lowest BCUT2D eigenvalue weighted by atomic mass is 10.3. The third-order valence-corrected chi connectivity index (χ3v) is 7.69. The summed E-state index contributed by atoms with van der Waals surface area (Å²) >= 11 is 1.39. The van der Waals surface area contributed by atoms with Crippen LogP contribution in [-0.2, 0) is 21.4 Å². The summed E-state index contributed by atoms with van der Waals surface area (Å²) in [5.41, 5.74) is 0. The van der Waals surface area contributed by atoms with Gasteiger partial charge in [-0.2, -0.15) is 8.99 Å². The molecule has 1 fully saturated rings. The van der Waals surface area contributed by atoms with Crippen molar-refractivity contribution in [3.05, 3.63) is 58.1 Å². The van der Waals surface area contributed by atoms with Gasteiger partial charge in [0.2, 0.25) is 15.9 Å². The van der Waals surface area contributed by atoms with Crippen LogP contribution in [0, 0.1) is 5.82 Å². The molecule has 9 nitrogen and oxygen atoms in total. The highest BCUT2D eigenvalue weighted by molar-refractivity contribution is 7.89. The van der Waals surface area contributed by atoms with Crippen molar-refractivity contribution in [3.8, 4) is 10.8 Å². The van der Waals surface area contributed by atoms with E-state index in [0.717, 1.165) is 21.7 Å². The molecule has 1 aliphatic rings. The van der Waals surface area contributed by atoms with Gasteiger partial charge < -0.3 is 9.32 Å². The van der Waals surface area contributed by atoms with E-state index in [2.05, 4.69) is 5.10 Å². The van der Waals surface area contributed by atoms with Gasteiger partial charge in [-0.25, -0.2) is 17.6 Å². The summed E-state index contributed by atoms with van der Waals surface area (Å²) in [5, 5.41) is 5.96. The van der Waals surface area contributed by atoms with Crippen molar-refractivity contribution in [3.63, 3.8) is 0 Å². The largest absolute Gasteiger partial charge is 0.437 e. The first-order valence-electron chi connectivity index (χ1n) is 9.50. The molecule has 3 heterocycles. The fraction of sp³-hybridized carbons (Fsp3) is 0.316. The number of amides is 1. The standard InChI is InChI=1S/C19H19FN4O5S2/c20-14-3-5-15(6-4-14)31(27,28)23-11-9-22(10-12-23)17(25)7-8-24-19(26)29-18(21-24)16-2-1-13-30-16/h1-6,13H,7-12H2. The van der Waals surface area contributed by atoms with E-state index in [4.69, 9.17) is 4.42 Å². The highest BCUT2D eigenvalue weighted by Crippen LogP contribution is 2.21. The van der Waals surface area contributed by atoms with Gasteiger partial charge in [-0.15, -0.1) is 16.4 Å². The number of aryl methyl sites for hydroxylation is 1. The van der Waals surface area contributed by atoms with Crippen LogP contribution in [0.4, 0.5) is 4.39 Å². The fourth-order valence-electron chi connectivity index (χ4n) is 3.24. The Morgan fingerprint density at radius 3 is 2.48 bits per heavy atom. The molecule has 1 aliphatic heterocycles. The highest BCUT2D eigenvalue weighted by atomic mass is 32.2. The Morgan fingerprint density at radius 2 is 1.84 bits per heavy atom. The van der Waals surface area contributed by atoms with Crippen molar-refractivity contribution in [2.24, 2.45) is 0 Å². The van der Waals surface area contributed by atoms with Gasteiger partial charge in [0.15, 0.2) is 0 Å². The molecule has 0 bridgehead atoms. The molecule has 0 N–H and O–H groups in total. The molecule has 3 aromatic rings. The molecule has 164 valence electrons. The van der Waals surface area contributed by atoms with Crippen LogP contribution < -0.4 is 5.76 Å². The second-order valence-corrected chi connectivity index (χ2v) is 9.75. The Balaban J connectivity index is 1.33. The maximum Gasteiger partial charge on any atom is 0.437 e. The van der Waals surface area contributed by atoms with Crippen molar-refractivity contribution in [1.82, 2.24) is 19.0 Å². The van der Waals surface area contributed by atoms with Crippen molar-refractivity contribution in [1.29, 1.82) is 0 Å². The van der Waals surface area contributed by atoms with E-state index in [-0.39, 0.29) is 55.8 Å². The molecule has 4 rings (SSSR count). The summed E-state index contributed by atoms with van der Waals surface area (Å²) < 4.78 is 45.9. The Morgan fingerprint density at radius 1 is 1.13 bits per heavy atom. The Hall–Kier alpha value is -2.83. The minimum Gasteiger partial charge on any atom is -0.387 e. The zero-order valence-corrected chi connectivity index (χ0v) is 17.9. The van der Waals surface area contributed by atoms with E-state index >= 15 is 0 Å². The third kappa shape index (κ3) is 4.60. The van der Waals surface area contributed by atoms with Gasteiger partial charge in [0.05, 0.1) is 16.3 Å². The zero-order chi connectivity index (χ0) is 22.0. The number of halogens is 1. The van der Waals surface area contributed by atoms with E-state index in [1.807, 2.05) is 11.4 Å². The Bertz CT molecular complexity index is 1210. The molecule has 1 saturated heterocycles. The topological polar surface area (TPSA) is 106 Å². The van der Waals surface area contributed by atoms with Gasteiger partial charge in [0.25, 0.3) is 5.89 Å². The normalized spacial score (nSPS) is 15.3. The molecule has 0 unspecified atom stereocenters. The highest BCUT2D eigenvalue weighted by Gasteiger charge is 2.30. The first kappa shape index (κ1) is 21.4. The molecule has 0 spiro atoms. The number of hydrogen-bond donors (Lipinski definition) is 0. The van der Waals surface area contributed by atoms with Crippen molar-refractivity contribution < 1.29 is 22.0 Å². The van der Waals surface area contributed by atoms with Crippen LogP contribution in [0.1, 0.15) is 6.42 Å². The minimum absolute atomic E-state index is 0.0145. The minimum atomic E-state index is -3.75. The van der Waals surface area contributed by atoms with E-state index in [0.29, 0.717) is 0 Å². The van der Waals surface area contributed by atoms with Crippen LogP contribution in [0.2, 0.25) is 0 Å². The van der Waals surface area contributed by atoms with Gasteiger partial charge in [-0.1, -0.05) is 6.07 Å². The van der Waals surface area contributed by atoms with E-state index in [1.165, 1.54) is 27.8 Å². The van der Waals surface area contributed by atoms with Crippen molar-refractivity contribution in [2.45, 2.75) is 17.9 Å². The molecule has 0 radical (unpaired) electrons. The number of carbonyl (C=O) groups is 1. The lowest BCUT2D eigenvalue weighted by Crippen LogP contribution is -2.50. The number of hydrogen-bond acceptors (Lipinski definition) is 7. The van der Waals surface area contributed by atoms with E-state index in [1.54, 1.807) is 11.0 Å². The first-order valence-corrected chi connectivity index (χ1v) is 11.8. The summed E-state index contributed by atoms with van der Waals surface area (Å²) in [5.74, 6) is -1.13. The molecule has 0 atom stereocenters. The average Bonchev–Trinajstić information content (AvgIpc) is 3.42. The Kier molecular flexibility index (Phi) is 6.03. The molecule has 12 heteroatoms. The number of sulfonamides is 1. The number of benzene rings is 1. The van der Waals surface area contributed by atoms with Crippen LogP contribution >= 0.6 is 11.3 Å². The quantitative estimate of drug-likeness (QED) is 0.547. The lowest BCUT2D eigenvalue weighted by molar-refractivity contribution is -0.132. The molecule has 0 aliphatic carbocycles. The number of nitrogens with zero attached hydrogens (tertiary/aromatic N) is 4. The number of thiophene rings is 1. The molecule has 2 aromatic heterocycles. The van der Waals surface area contributed by atoms with Gasteiger partial charge in [0, 0.05) is 32.6 Å². The van der Waals surface area contributed by atoms with Crippen LogP contribution in [0.15, 0.2) is 55.9 Å². The fourth-order valence-corrected chi connectivity index (χ4v) is 5.31. The maximum absolute atomic E-state index is 13.1. The molecule has 31 heavy (non-hydrogen) atoms. The summed E-state index contributed by atoms with van der Waals surface area (Å²) in [7, 11) is -3.75. The Labute approximate surface area is 181 Å². The second-order valence-electron chi connectivity index (χ2n) is 6.86. The summed E-state index contributed by atoms with van der Waals surface area (Å²) in [6.45, 7) is 0.803. The van der Waals surface area contributed by atoms with Crippen molar-refractivity contribution in [2.75, 3.05) is 26.2 Å². The predicted molar refractivity (Wildman–Crippen MR) is 110 cm³/mol. The number of carbonyl (C=O) groups excluding carboxylic acids is 1. The molecule has 0 saturated carbocycles.